The zero-order valence-corrected chi connectivity index (χ0v) is 11.0. The van der Waals surface area contributed by atoms with Crippen LogP contribution >= 0.6 is 0 Å². The number of oxazole rings is 1. The molecule has 0 saturated heterocycles. The summed E-state index contributed by atoms with van der Waals surface area (Å²) in [7, 11) is 0. The minimum atomic E-state index is -0.723. The van der Waals surface area contributed by atoms with Crippen molar-refractivity contribution in [1.29, 1.82) is 0 Å². The van der Waals surface area contributed by atoms with E-state index in [1.165, 1.54) is 0 Å². The van der Waals surface area contributed by atoms with Gasteiger partial charge in [-0.15, -0.1) is 0 Å². The van der Waals surface area contributed by atoms with Gasteiger partial charge in [-0.2, -0.15) is 0 Å². The van der Waals surface area contributed by atoms with Gasteiger partial charge in [0, 0.05) is 0 Å². The maximum Gasteiger partial charge on any atom is 0.240 e. The third-order valence-electron chi connectivity index (χ3n) is 3.55. The predicted octanol–water partition coefficient (Wildman–Crippen LogP) is 1.51. The summed E-state index contributed by atoms with van der Waals surface area (Å²) >= 11 is 0. The molecule has 0 aliphatic heterocycles. The van der Waals surface area contributed by atoms with Crippen molar-refractivity contribution >= 4 is 5.91 Å². The van der Waals surface area contributed by atoms with E-state index in [0.29, 0.717) is 18.4 Å². The predicted molar refractivity (Wildman–Crippen MR) is 67.6 cm³/mol. The molecular weight excluding hydrogens is 230 g/mol. The summed E-state index contributed by atoms with van der Waals surface area (Å²) in [6.07, 6.45) is 5.33. The Balaban J connectivity index is 1.91. The van der Waals surface area contributed by atoms with Crippen molar-refractivity contribution < 1.29 is 9.21 Å². The van der Waals surface area contributed by atoms with Crippen molar-refractivity contribution in [3.05, 3.63) is 17.8 Å². The third kappa shape index (κ3) is 2.90. The van der Waals surface area contributed by atoms with Gasteiger partial charge in [0.15, 0.2) is 0 Å². The molecule has 2 rings (SSSR count). The van der Waals surface area contributed by atoms with Crippen LogP contribution in [0.4, 0.5) is 0 Å². The van der Waals surface area contributed by atoms with Crippen molar-refractivity contribution in [2.24, 2.45) is 11.7 Å². The molecule has 1 heterocycles. The van der Waals surface area contributed by atoms with E-state index in [0.717, 1.165) is 31.4 Å². The summed E-state index contributed by atoms with van der Waals surface area (Å²) in [6.45, 7) is 4.27. The molecule has 0 aromatic carbocycles. The number of aromatic nitrogens is 1. The Hall–Kier alpha value is -1.36. The molecule has 18 heavy (non-hydrogen) atoms. The number of nitrogens with one attached hydrogen (secondary N) is 1. The molecule has 1 aromatic rings. The largest absolute Gasteiger partial charge is 0.444 e. The molecule has 5 heteroatoms. The molecule has 1 amide bonds. The SMILES string of the molecule is Cc1cnc(CNC(=O)C2(N)CCCC(C)C2)o1. The van der Waals surface area contributed by atoms with Crippen molar-refractivity contribution in [3.8, 4) is 0 Å². The highest BCUT2D eigenvalue weighted by atomic mass is 16.4. The summed E-state index contributed by atoms with van der Waals surface area (Å²) in [5.41, 5.74) is 5.48. The fourth-order valence-electron chi connectivity index (χ4n) is 2.61. The number of carbonyl (C=O) groups is 1. The zero-order chi connectivity index (χ0) is 13.2. The van der Waals surface area contributed by atoms with Gasteiger partial charge in [0.25, 0.3) is 0 Å². The molecule has 100 valence electrons. The maximum absolute atomic E-state index is 12.1. The molecule has 0 bridgehead atoms. The Labute approximate surface area is 107 Å². The molecule has 1 aromatic heterocycles. The molecule has 5 nitrogen and oxygen atoms in total. The lowest BCUT2D eigenvalue weighted by Crippen LogP contribution is -2.56. The molecule has 1 fully saturated rings. The molecule has 3 N–H and O–H groups in total. The molecular formula is C13H21N3O2. The Morgan fingerprint density at radius 2 is 2.50 bits per heavy atom. The number of hydrogen-bond acceptors (Lipinski definition) is 4. The van der Waals surface area contributed by atoms with Crippen LogP contribution in [-0.4, -0.2) is 16.4 Å². The number of nitrogens with zero attached hydrogens (tertiary/aromatic N) is 1. The first-order valence-corrected chi connectivity index (χ1v) is 6.48. The first-order valence-electron chi connectivity index (χ1n) is 6.48. The van der Waals surface area contributed by atoms with E-state index in [9.17, 15) is 4.79 Å². The van der Waals surface area contributed by atoms with E-state index in [4.69, 9.17) is 10.2 Å². The van der Waals surface area contributed by atoms with Gasteiger partial charge < -0.3 is 15.5 Å². The first kappa shape index (κ1) is 13.1. The minimum absolute atomic E-state index is 0.0927. The fraction of sp³-hybridized carbons (Fsp3) is 0.692. The second kappa shape index (κ2) is 5.10. The van der Waals surface area contributed by atoms with Crippen LogP contribution in [0.2, 0.25) is 0 Å². The van der Waals surface area contributed by atoms with Crippen LogP contribution in [0, 0.1) is 12.8 Å². The van der Waals surface area contributed by atoms with Gasteiger partial charge in [-0.1, -0.05) is 19.8 Å². The summed E-state index contributed by atoms with van der Waals surface area (Å²) in [6, 6.07) is 0. The standard InChI is InChI=1S/C13H21N3O2/c1-9-4-3-5-13(14,6-9)12(17)16-8-11-15-7-10(2)18-11/h7,9H,3-6,8,14H2,1-2H3,(H,16,17). The van der Waals surface area contributed by atoms with E-state index in [-0.39, 0.29) is 5.91 Å². The van der Waals surface area contributed by atoms with E-state index in [2.05, 4.69) is 17.2 Å². The van der Waals surface area contributed by atoms with Crippen LogP contribution in [-0.2, 0) is 11.3 Å². The number of nitrogens with two attached hydrogens (primary N) is 1. The number of rotatable bonds is 3. The van der Waals surface area contributed by atoms with Gasteiger partial charge >= 0.3 is 0 Å². The summed E-state index contributed by atoms with van der Waals surface area (Å²) < 4.78 is 5.31. The molecule has 0 radical (unpaired) electrons. The van der Waals surface area contributed by atoms with Crippen molar-refractivity contribution in [2.45, 2.75) is 51.6 Å². The van der Waals surface area contributed by atoms with Gasteiger partial charge in [0.1, 0.15) is 5.76 Å². The normalized spacial score (nSPS) is 28.1. The van der Waals surface area contributed by atoms with Crippen LogP contribution in [0.15, 0.2) is 10.6 Å². The number of hydrogen-bond donors (Lipinski definition) is 2. The Kier molecular flexibility index (Phi) is 3.71. The minimum Gasteiger partial charge on any atom is -0.444 e. The Bertz CT molecular complexity index is 430. The highest BCUT2D eigenvalue weighted by molar-refractivity contribution is 5.86. The van der Waals surface area contributed by atoms with Crippen LogP contribution in [0.25, 0.3) is 0 Å². The lowest BCUT2D eigenvalue weighted by molar-refractivity contribution is -0.128. The van der Waals surface area contributed by atoms with E-state index >= 15 is 0 Å². The van der Waals surface area contributed by atoms with Gasteiger partial charge in [0.05, 0.1) is 18.3 Å². The number of amides is 1. The van der Waals surface area contributed by atoms with Gasteiger partial charge in [-0.25, -0.2) is 4.98 Å². The third-order valence-corrected chi connectivity index (χ3v) is 3.55. The topological polar surface area (TPSA) is 81.2 Å². The lowest BCUT2D eigenvalue weighted by Gasteiger charge is -2.35. The molecule has 1 aliphatic rings. The van der Waals surface area contributed by atoms with E-state index in [1.54, 1.807) is 6.20 Å². The second-order valence-electron chi connectivity index (χ2n) is 5.40. The van der Waals surface area contributed by atoms with E-state index < -0.39 is 5.54 Å². The van der Waals surface area contributed by atoms with Crippen LogP contribution in [0.5, 0.6) is 0 Å². The van der Waals surface area contributed by atoms with Crippen LogP contribution in [0.1, 0.15) is 44.3 Å². The summed E-state index contributed by atoms with van der Waals surface area (Å²) in [5, 5.41) is 2.82. The average Bonchev–Trinajstić information content (AvgIpc) is 2.71. The first-order chi connectivity index (χ1) is 8.49. The highest BCUT2D eigenvalue weighted by Gasteiger charge is 2.37. The van der Waals surface area contributed by atoms with Gasteiger partial charge in [-0.3, -0.25) is 4.79 Å². The van der Waals surface area contributed by atoms with Crippen molar-refractivity contribution in [3.63, 3.8) is 0 Å². The lowest BCUT2D eigenvalue weighted by atomic mass is 9.76. The van der Waals surface area contributed by atoms with Crippen LogP contribution in [0.3, 0.4) is 0 Å². The Morgan fingerprint density at radius 1 is 1.72 bits per heavy atom. The quantitative estimate of drug-likeness (QED) is 0.853. The zero-order valence-electron chi connectivity index (χ0n) is 11.0. The Morgan fingerprint density at radius 3 is 3.11 bits per heavy atom. The van der Waals surface area contributed by atoms with Crippen molar-refractivity contribution in [2.75, 3.05) is 0 Å². The fourth-order valence-corrected chi connectivity index (χ4v) is 2.61. The second-order valence-corrected chi connectivity index (χ2v) is 5.40. The van der Waals surface area contributed by atoms with Crippen molar-refractivity contribution in [1.82, 2.24) is 10.3 Å². The molecule has 1 aliphatic carbocycles. The number of carbonyl (C=O) groups excluding carboxylic acids is 1. The molecule has 2 unspecified atom stereocenters. The van der Waals surface area contributed by atoms with Gasteiger partial charge in [0.2, 0.25) is 11.8 Å². The van der Waals surface area contributed by atoms with Gasteiger partial charge in [-0.05, 0) is 25.7 Å². The van der Waals surface area contributed by atoms with E-state index in [1.807, 2.05) is 6.92 Å². The molecule has 0 spiro atoms. The van der Waals surface area contributed by atoms with Crippen LogP contribution < -0.4 is 11.1 Å². The highest BCUT2D eigenvalue weighted by Crippen LogP contribution is 2.30. The number of aryl methyl sites for hydroxylation is 1. The molecule has 1 saturated carbocycles. The summed E-state index contributed by atoms with van der Waals surface area (Å²) in [4.78, 5) is 16.2. The monoisotopic (exact) mass is 251 g/mol. The smallest absolute Gasteiger partial charge is 0.240 e. The molecule has 2 atom stereocenters. The maximum atomic E-state index is 12.1. The summed E-state index contributed by atoms with van der Waals surface area (Å²) in [5.74, 6) is 1.68. The average molecular weight is 251 g/mol.